The molecule has 1 aliphatic carbocycles. The number of rotatable bonds is 27. The number of likely N-dealkylation sites (N-methyl/N-ethyl adjacent to an activating group) is 1. The molecule has 0 radical (unpaired) electrons. The van der Waals surface area contributed by atoms with Gasteiger partial charge in [-0.1, -0.05) is 43.5 Å². The van der Waals surface area contributed by atoms with Crippen LogP contribution in [0.3, 0.4) is 0 Å². The van der Waals surface area contributed by atoms with Crippen LogP contribution in [0.25, 0.3) is 11.1 Å². The molecule has 78 heavy (non-hydrogen) atoms. The van der Waals surface area contributed by atoms with E-state index < -0.39 is 6.04 Å². The number of nitrogens with one attached hydrogen (secondary N) is 3. The SMILES string of the molecule is CCN(c1cc(-c2ccc(OCCOCCOCCOc3ccc(CCN4CC[C@@H]5CCN(C(=O)[C@@H](NC(=O)[C@H](C)NC)C6CCCCC6)[C@@H]5C4)cc3)cc2)cc(C(=O)CCc2c(C)cc(C)[nH]c2=O)c1C)C1CCOCC1. The number of hydrogen-bond donors (Lipinski definition) is 3. The van der Waals surface area contributed by atoms with Crippen LogP contribution >= 0.6 is 0 Å². The summed E-state index contributed by atoms with van der Waals surface area (Å²) in [6, 6.07) is 22.2. The second kappa shape index (κ2) is 29.0. The van der Waals surface area contributed by atoms with Crippen molar-refractivity contribution in [3.05, 3.63) is 111 Å². The summed E-state index contributed by atoms with van der Waals surface area (Å²) in [5.41, 5.74) is 8.15. The predicted octanol–water partition coefficient (Wildman–Crippen LogP) is 8.42. The summed E-state index contributed by atoms with van der Waals surface area (Å²) in [6.07, 6.45) is 11.0. The number of aromatic nitrogens is 1. The highest BCUT2D eigenvalue weighted by Crippen LogP contribution is 2.37. The van der Waals surface area contributed by atoms with Crippen molar-refractivity contribution in [2.75, 3.05) is 97.5 Å². The first-order valence-corrected chi connectivity index (χ1v) is 29.2. The molecule has 15 heteroatoms. The van der Waals surface area contributed by atoms with Gasteiger partial charge in [-0.15, -0.1) is 0 Å². The number of benzene rings is 3. The van der Waals surface area contributed by atoms with Crippen molar-refractivity contribution in [3.63, 3.8) is 0 Å². The van der Waals surface area contributed by atoms with Gasteiger partial charge in [0.15, 0.2) is 5.78 Å². The second-order valence-corrected chi connectivity index (χ2v) is 22.1. The van der Waals surface area contributed by atoms with Crippen LogP contribution in [0.15, 0.2) is 71.5 Å². The van der Waals surface area contributed by atoms with E-state index in [-0.39, 0.29) is 47.6 Å². The minimum absolute atomic E-state index is 0.0225. The van der Waals surface area contributed by atoms with Gasteiger partial charge >= 0.3 is 0 Å². The van der Waals surface area contributed by atoms with Crippen LogP contribution in [0.5, 0.6) is 11.5 Å². The highest BCUT2D eigenvalue weighted by molar-refractivity contribution is 6.00. The number of carbonyl (C=O) groups excluding carboxylic acids is 3. The number of H-pyrrole nitrogens is 1. The molecule has 1 saturated carbocycles. The quantitative estimate of drug-likeness (QED) is 0.0387. The van der Waals surface area contributed by atoms with Crippen molar-refractivity contribution in [3.8, 4) is 22.6 Å². The number of ketones is 1. The van der Waals surface area contributed by atoms with E-state index in [0.29, 0.717) is 69.1 Å². The molecule has 0 spiro atoms. The maximum Gasteiger partial charge on any atom is 0.251 e. The van der Waals surface area contributed by atoms with Crippen molar-refractivity contribution in [1.29, 1.82) is 0 Å². The van der Waals surface area contributed by atoms with Crippen molar-refractivity contribution in [2.45, 2.75) is 136 Å². The fourth-order valence-electron chi connectivity index (χ4n) is 12.3. The number of amides is 2. The molecule has 0 bridgehead atoms. The van der Waals surface area contributed by atoms with Crippen molar-refractivity contribution in [1.82, 2.24) is 25.4 Å². The summed E-state index contributed by atoms with van der Waals surface area (Å²) in [7, 11) is 1.78. The number of aromatic amines is 1. The van der Waals surface area contributed by atoms with E-state index in [0.717, 1.165) is 149 Å². The summed E-state index contributed by atoms with van der Waals surface area (Å²) in [6.45, 7) is 18.4. The van der Waals surface area contributed by atoms with Gasteiger partial charge < -0.3 is 54.0 Å². The van der Waals surface area contributed by atoms with Gasteiger partial charge in [0.1, 0.15) is 30.8 Å². The van der Waals surface area contributed by atoms with E-state index in [1.165, 1.54) is 12.0 Å². The molecule has 4 aliphatic rings. The normalized spacial score (nSPS) is 19.0. The molecule has 8 rings (SSSR count). The molecule has 1 aromatic heterocycles. The first-order chi connectivity index (χ1) is 37.9. The van der Waals surface area contributed by atoms with Gasteiger partial charge in [0.25, 0.3) is 5.56 Å². The molecule has 15 nitrogen and oxygen atoms in total. The van der Waals surface area contributed by atoms with Gasteiger partial charge in [0, 0.05) is 80.4 Å². The first-order valence-electron chi connectivity index (χ1n) is 29.2. The van der Waals surface area contributed by atoms with Crippen molar-refractivity contribution >= 4 is 23.3 Å². The third-order valence-corrected chi connectivity index (χ3v) is 17.0. The zero-order valence-corrected chi connectivity index (χ0v) is 47.5. The number of carbonyl (C=O) groups is 3. The van der Waals surface area contributed by atoms with E-state index in [1.54, 1.807) is 7.05 Å². The van der Waals surface area contributed by atoms with Gasteiger partial charge in [0.05, 0.1) is 32.5 Å². The van der Waals surface area contributed by atoms with Crippen LogP contribution < -0.4 is 30.6 Å². The molecule has 3 aliphatic heterocycles. The Bertz CT molecular complexity index is 2630. The summed E-state index contributed by atoms with van der Waals surface area (Å²) >= 11 is 0. The van der Waals surface area contributed by atoms with Crippen LogP contribution in [0.1, 0.15) is 116 Å². The Kier molecular flexibility index (Phi) is 21.8. The standard InChI is InChI=1S/C63H88N6O9/c1-7-68(52-26-31-74-32-27-52)57-41-51(40-56(45(57)4)59(70)22-21-55-43(2)39-44(3)65-62(55)72)48-15-19-54(20-16-48)78-38-36-76-34-33-75-35-37-77-53-17-13-47(14-18-53)23-28-67-29-24-49-25-30-69(58(49)42-67)63(73)60(50-11-9-8-10-12-50)66-61(71)46(5)64-6/h13-20,39-41,46,49-50,52,58,60,64H,7-12,21-38,42H2,1-6H3,(H,65,72)(H,66,71)/t46-,49+,58+,60-/m0/s1. The van der Waals surface area contributed by atoms with Crippen LogP contribution in [0.4, 0.5) is 5.69 Å². The molecule has 424 valence electrons. The lowest BCUT2D eigenvalue weighted by atomic mass is 9.83. The number of nitrogens with zero attached hydrogens (tertiary/aromatic N) is 3. The monoisotopic (exact) mass is 1070 g/mol. The fraction of sp³-hybridized carbons (Fsp3) is 0.587. The van der Waals surface area contributed by atoms with E-state index in [9.17, 15) is 19.2 Å². The smallest absolute Gasteiger partial charge is 0.251 e. The lowest BCUT2D eigenvalue weighted by Crippen LogP contribution is -2.58. The maximum absolute atomic E-state index is 14.3. The third-order valence-electron chi connectivity index (χ3n) is 17.0. The number of fused-ring (bicyclic) bond motifs is 1. The molecule has 3 N–H and O–H groups in total. The van der Waals surface area contributed by atoms with E-state index in [1.807, 2.05) is 76.2 Å². The number of likely N-dealkylation sites (tertiary alicyclic amines) is 2. The molecule has 4 fully saturated rings. The Morgan fingerprint density at radius 3 is 2.09 bits per heavy atom. The average Bonchev–Trinajstić information content (AvgIpc) is 3.90. The molecule has 4 aromatic rings. The van der Waals surface area contributed by atoms with Gasteiger partial charge in [-0.25, -0.2) is 0 Å². The van der Waals surface area contributed by atoms with Crippen molar-refractivity contribution < 1.29 is 38.1 Å². The third kappa shape index (κ3) is 15.6. The van der Waals surface area contributed by atoms with Crippen LogP contribution in [0.2, 0.25) is 0 Å². The highest BCUT2D eigenvalue weighted by Gasteiger charge is 2.44. The summed E-state index contributed by atoms with van der Waals surface area (Å²) in [5.74, 6) is 2.32. The Balaban J connectivity index is 0.731. The van der Waals surface area contributed by atoms with Crippen LogP contribution in [-0.2, 0) is 36.6 Å². The summed E-state index contributed by atoms with van der Waals surface area (Å²) in [4.78, 5) is 64.1. The van der Waals surface area contributed by atoms with Gasteiger partial charge in [-0.2, -0.15) is 0 Å². The number of aryl methyl sites for hydroxylation is 2. The van der Waals surface area contributed by atoms with Gasteiger partial charge in [-0.05, 0) is 182 Å². The largest absolute Gasteiger partial charge is 0.491 e. The summed E-state index contributed by atoms with van der Waals surface area (Å²) in [5, 5.41) is 6.22. The second-order valence-electron chi connectivity index (χ2n) is 22.1. The Morgan fingerprint density at radius 2 is 1.44 bits per heavy atom. The van der Waals surface area contributed by atoms with Crippen LogP contribution in [0, 0.1) is 32.6 Å². The molecule has 4 heterocycles. The Hall–Kier alpha value is -5.58. The zero-order valence-electron chi connectivity index (χ0n) is 47.5. The number of pyridine rings is 1. The molecule has 3 aromatic carbocycles. The summed E-state index contributed by atoms with van der Waals surface area (Å²) < 4.78 is 29.3. The molecule has 2 amide bonds. The topological polar surface area (TPSA) is 164 Å². The molecular formula is C63H88N6O9. The fourth-order valence-corrected chi connectivity index (χ4v) is 12.3. The first kappa shape index (κ1) is 58.6. The Labute approximate surface area is 463 Å². The van der Waals surface area contributed by atoms with Crippen molar-refractivity contribution in [2.24, 2.45) is 11.8 Å². The highest BCUT2D eigenvalue weighted by atomic mass is 16.6. The lowest BCUT2D eigenvalue weighted by Gasteiger charge is -2.41. The molecule has 4 atom stereocenters. The number of piperidine rings is 1. The minimum atomic E-state index is -0.444. The zero-order chi connectivity index (χ0) is 55.0. The van der Waals surface area contributed by atoms with Crippen LogP contribution in [-0.4, -0.2) is 149 Å². The molecule has 0 unspecified atom stereocenters. The minimum Gasteiger partial charge on any atom is -0.491 e. The van der Waals surface area contributed by atoms with Gasteiger partial charge in [0.2, 0.25) is 11.8 Å². The van der Waals surface area contributed by atoms with Gasteiger partial charge in [-0.3, -0.25) is 19.2 Å². The maximum atomic E-state index is 14.3. The number of anilines is 1. The molecular weight excluding hydrogens is 985 g/mol. The number of hydrogen-bond acceptors (Lipinski definition) is 12. The predicted molar refractivity (Wildman–Crippen MR) is 307 cm³/mol. The van der Waals surface area contributed by atoms with E-state index in [2.05, 4.69) is 55.4 Å². The molecule has 3 saturated heterocycles. The average molecular weight is 1070 g/mol. The number of ether oxygens (including phenoxy) is 5. The lowest BCUT2D eigenvalue weighted by molar-refractivity contribution is -0.140. The number of Topliss-reactive ketones (excluding diaryl/α,β-unsaturated/α-hetero) is 1. The van der Waals surface area contributed by atoms with E-state index in [4.69, 9.17) is 23.7 Å². The Morgan fingerprint density at radius 1 is 0.782 bits per heavy atom. The van der Waals surface area contributed by atoms with E-state index >= 15 is 0 Å².